The maximum Gasteiger partial charge on any atom is 0.279 e. The molecule has 1 saturated heterocycles. The molecule has 0 spiro atoms. The lowest BCUT2D eigenvalue weighted by molar-refractivity contribution is -0.898. The highest BCUT2D eigenvalue weighted by Gasteiger charge is 2.28. The SMILES string of the molecule is COc1ccccc1NC(=O)C[NH+]1CCC[C@@H](c2nc3ccccc3s2)C1. The number of nitrogens with one attached hydrogen (secondary N) is 2. The van der Waals surface area contributed by atoms with E-state index in [-0.39, 0.29) is 5.91 Å². The molecule has 27 heavy (non-hydrogen) atoms. The third-order valence-electron chi connectivity index (χ3n) is 5.07. The number of nitrogens with zero attached hydrogens (tertiary/aromatic N) is 1. The number of hydrogen-bond acceptors (Lipinski definition) is 4. The van der Waals surface area contributed by atoms with Crippen molar-refractivity contribution in [3.8, 4) is 5.75 Å². The van der Waals surface area contributed by atoms with Crippen LogP contribution in [0.4, 0.5) is 5.69 Å². The van der Waals surface area contributed by atoms with Crippen molar-refractivity contribution in [2.24, 2.45) is 0 Å². The van der Waals surface area contributed by atoms with Gasteiger partial charge in [-0.3, -0.25) is 4.79 Å². The number of aromatic nitrogens is 1. The van der Waals surface area contributed by atoms with E-state index in [2.05, 4.69) is 23.5 Å². The molecule has 2 heterocycles. The number of methoxy groups -OCH3 is 1. The number of piperidine rings is 1. The number of anilines is 1. The van der Waals surface area contributed by atoms with Crippen molar-refractivity contribution in [1.29, 1.82) is 0 Å². The minimum absolute atomic E-state index is 0.0273. The molecule has 3 aromatic rings. The number of carbonyl (C=O) groups excluding carboxylic acids is 1. The van der Waals surface area contributed by atoms with Gasteiger partial charge in [0.1, 0.15) is 10.8 Å². The normalized spacial score (nSPS) is 19.7. The van der Waals surface area contributed by atoms with Gasteiger partial charge in [-0.1, -0.05) is 24.3 Å². The molecule has 2 N–H and O–H groups in total. The molecule has 0 saturated carbocycles. The van der Waals surface area contributed by atoms with Crippen molar-refractivity contribution >= 4 is 33.1 Å². The molecule has 2 atom stereocenters. The van der Waals surface area contributed by atoms with Crippen molar-refractivity contribution in [1.82, 2.24) is 4.98 Å². The number of ether oxygens (including phenoxy) is 1. The second-order valence-corrected chi connectivity index (χ2v) is 8.05. The number of likely N-dealkylation sites (tertiary alicyclic amines) is 1. The van der Waals surface area contributed by atoms with E-state index in [1.807, 2.05) is 30.3 Å². The molecule has 4 rings (SSSR count). The van der Waals surface area contributed by atoms with Crippen molar-refractivity contribution < 1.29 is 14.4 Å². The van der Waals surface area contributed by atoms with Crippen LogP contribution < -0.4 is 15.0 Å². The van der Waals surface area contributed by atoms with Crippen LogP contribution in [-0.2, 0) is 4.79 Å². The van der Waals surface area contributed by atoms with Gasteiger partial charge in [-0.25, -0.2) is 4.98 Å². The third-order valence-corrected chi connectivity index (χ3v) is 6.27. The zero-order valence-corrected chi connectivity index (χ0v) is 16.2. The summed E-state index contributed by atoms with van der Waals surface area (Å²) in [6, 6.07) is 15.8. The monoisotopic (exact) mass is 382 g/mol. The summed E-state index contributed by atoms with van der Waals surface area (Å²) in [6.07, 6.45) is 2.27. The lowest BCUT2D eigenvalue weighted by Crippen LogP contribution is -3.14. The number of rotatable bonds is 5. The summed E-state index contributed by atoms with van der Waals surface area (Å²) in [5.74, 6) is 1.15. The van der Waals surface area contributed by atoms with Gasteiger partial charge in [0.25, 0.3) is 5.91 Å². The van der Waals surface area contributed by atoms with Gasteiger partial charge in [-0.05, 0) is 37.1 Å². The molecule has 1 aliphatic rings. The molecule has 140 valence electrons. The van der Waals surface area contributed by atoms with Crippen molar-refractivity contribution in [3.05, 3.63) is 53.5 Å². The van der Waals surface area contributed by atoms with E-state index in [0.29, 0.717) is 18.2 Å². The topological polar surface area (TPSA) is 55.7 Å². The molecule has 0 bridgehead atoms. The van der Waals surface area contributed by atoms with Crippen LogP contribution in [0.25, 0.3) is 10.2 Å². The lowest BCUT2D eigenvalue weighted by atomic mass is 9.99. The lowest BCUT2D eigenvalue weighted by Gasteiger charge is -2.28. The highest BCUT2D eigenvalue weighted by molar-refractivity contribution is 7.18. The molecule has 6 heteroatoms. The predicted molar refractivity (Wildman–Crippen MR) is 109 cm³/mol. The smallest absolute Gasteiger partial charge is 0.279 e. The molecule has 0 radical (unpaired) electrons. The maximum absolute atomic E-state index is 12.5. The molecule has 2 aromatic carbocycles. The van der Waals surface area contributed by atoms with E-state index in [9.17, 15) is 4.79 Å². The van der Waals surface area contributed by atoms with Crippen LogP contribution in [0.2, 0.25) is 0 Å². The Kier molecular flexibility index (Phi) is 5.36. The van der Waals surface area contributed by atoms with Crippen molar-refractivity contribution in [2.75, 3.05) is 32.1 Å². The number of thiazole rings is 1. The Morgan fingerprint density at radius 3 is 2.93 bits per heavy atom. The van der Waals surface area contributed by atoms with E-state index in [1.165, 1.54) is 14.6 Å². The van der Waals surface area contributed by atoms with Crippen molar-refractivity contribution in [3.63, 3.8) is 0 Å². The quantitative estimate of drug-likeness (QED) is 0.713. The second-order valence-electron chi connectivity index (χ2n) is 6.99. The summed E-state index contributed by atoms with van der Waals surface area (Å²) >= 11 is 1.79. The molecule has 1 aliphatic heterocycles. The highest BCUT2D eigenvalue weighted by atomic mass is 32.1. The van der Waals surface area contributed by atoms with Crippen LogP contribution >= 0.6 is 11.3 Å². The first-order chi connectivity index (χ1) is 13.2. The molecule has 1 unspecified atom stereocenters. The van der Waals surface area contributed by atoms with Crippen LogP contribution in [-0.4, -0.2) is 37.6 Å². The predicted octanol–water partition coefficient (Wildman–Crippen LogP) is 2.71. The van der Waals surface area contributed by atoms with E-state index < -0.39 is 0 Å². The van der Waals surface area contributed by atoms with Gasteiger partial charge in [-0.15, -0.1) is 11.3 Å². The summed E-state index contributed by atoms with van der Waals surface area (Å²) in [5.41, 5.74) is 1.81. The number of quaternary nitrogens is 1. The highest BCUT2D eigenvalue weighted by Crippen LogP contribution is 2.30. The van der Waals surface area contributed by atoms with Crippen molar-refractivity contribution in [2.45, 2.75) is 18.8 Å². The Hall–Kier alpha value is -2.44. The molecule has 1 amide bonds. The molecule has 1 aromatic heterocycles. The Morgan fingerprint density at radius 1 is 1.26 bits per heavy atom. The Morgan fingerprint density at radius 2 is 2.07 bits per heavy atom. The average molecular weight is 383 g/mol. The van der Waals surface area contributed by atoms with Crippen LogP contribution in [0, 0.1) is 0 Å². The van der Waals surface area contributed by atoms with Gasteiger partial charge < -0.3 is 15.0 Å². The fourth-order valence-electron chi connectivity index (χ4n) is 3.76. The Labute approximate surface area is 163 Å². The summed E-state index contributed by atoms with van der Waals surface area (Å²) in [7, 11) is 1.61. The average Bonchev–Trinajstić information content (AvgIpc) is 3.13. The summed E-state index contributed by atoms with van der Waals surface area (Å²) in [5, 5.41) is 4.19. The molecule has 5 nitrogen and oxygen atoms in total. The second kappa shape index (κ2) is 8.06. The minimum Gasteiger partial charge on any atom is -0.495 e. The number of benzene rings is 2. The van der Waals surface area contributed by atoms with Crippen LogP contribution in [0.15, 0.2) is 48.5 Å². The van der Waals surface area contributed by atoms with Gasteiger partial charge in [0, 0.05) is 0 Å². The third kappa shape index (κ3) is 4.12. The first kappa shape index (κ1) is 17.9. The summed E-state index contributed by atoms with van der Waals surface area (Å²) in [4.78, 5) is 18.7. The van der Waals surface area contributed by atoms with Gasteiger partial charge in [0.05, 0.1) is 42.0 Å². The van der Waals surface area contributed by atoms with E-state index in [0.717, 1.165) is 37.1 Å². The fraction of sp³-hybridized carbons (Fsp3) is 0.333. The Balaban J connectivity index is 1.40. The summed E-state index contributed by atoms with van der Waals surface area (Å²) in [6.45, 7) is 2.46. The van der Waals surface area contributed by atoms with Crippen LogP contribution in [0.1, 0.15) is 23.8 Å². The van der Waals surface area contributed by atoms with E-state index in [1.54, 1.807) is 18.4 Å². The fourth-order valence-corrected chi connectivity index (χ4v) is 4.86. The first-order valence-electron chi connectivity index (χ1n) is 9.35. The number of hydrogen-bond donors (Lipinski definition) is 2. The standard InChI is InChI=1S/C21H23N3O2S/c1-26-18-10-4-2-8-16(18)22-20(25)14-24-12-6-7-15(13-24)21-23-17-9-3-5-11-19(17)27-21/h2-5,8-11,15H,6-7,12-14H2,1H3,(H,22,25)/p+1/t15-/m1/s1. The van der Waals surface area contributed by atoms with Gasteiger partial charge >= 0.3 is 0 Å². The number of fused-ring (bicyclic) bond motifs is 1. The largest absolute Gasteiger partial charge is 0.495 e. The maximum atomic E-state index is 12.5. The first-order valence-corrected chi connectivity index (χ1v) is 10.2. The number of amides is 1. The van der Waals surface area contributed by atoms with E-state index >= 15 is 0 Å². The molecular formula is C21H24N3O2S+. The van der Waals surface area contributed by atoms with Crippen LogP contribution in [0.3, 0.4) is 0 Å². The number of carbonyl (C=O) groups is 1. The molecular weight excluding hydrogens is 358 g/mol. The molecule has 1 fully saturated rings. The van der Waals surface area contributed by atoms with E-state index in [4.69, 9.17) is 9.72 Å². The zero-order chi connectivity index (χ0) is 18.6. The summed E-state index contributed by atoms with van der Waals surface area (Å²) < 4.78 is 6.56. The van der Waals surface area contributed by atoms with Gasteiger partial charge in [-0.2, -0.15) is 0 Å². The number of para-hydroxylation sites is 3. The van der Waals surface area contributed by atoms with Gasteiger partial charge in [0.15, 0.2) is 6.54 Å². The van der Waals surface area contributed by atoms with Crippen LogP contribution in [0.5, 0.6) is 5.75 Å². The minimum atomic E-state index is 0.0273. The zero-order valence-electron chi connectivity index (χ0n) is 15.4. The Bertz CT molecular complexity index is 907. The molecule has 0 aliphatic carbocycles. The van der Waals surface area contributed by atoms with Gasteiger partial charge in [0.2, 0.25) is 0 Å².